The molecular weight excluding hydrogens is 192 g/mol. The van der Waals surface area contributed by atoms with E-state index in [4.69, 9.17) is 9.84 Å². The molecule has 1 saturated heterocycles. The zero-order valence-corrected chi connectivity index (χ0v) is 9.74. The molecule has 0 spiro atoms. The summed E-state index contributed by atoms with van der Waals surface area (Å²) in [5, 5.41) is 8.97. The van der Waals surface area contributed by atoms with Gasteiger partial charge < -0.3 is 9.84 Å². The van der Waals surface area contributed by atoms with Gasteiger partial charge in [-0.3, -0.25) is 4.79 Å². The van der Waals surface area contributed by atoms with Crippen LogP contribution in [-0.2, 0) is 9.53 Å². The minimum atomic E-state index is 0.118. The quantitative estimate of drug-likeness (QED) is 0.760. The van der Waals surface area contributed by atoms with Crippen molar-refractivity contribution < 1.29 is 14.6 Å². The van der Waals surface area contributed by atoms with Gasteiger partial charge in [0, 0.05) is 13.0 Å². The number of aliphatic hydroxyl groups is 1. The lowest BCUT2D eigenvalue weighted by molar-refractivity contribution is -0.123. The number of hydrogen-bond acceptors (Lipinski definition) is 3. The summed E-state index contributed by atoms with van der Waals surface area (Å²) < 4.78 is 5.84. The van der Waals surface area contributed by atoms with Gasteiger partial charge in [-0.2, -0.15) is 0 Å². The van der Waals surface area contributed by atoms with E-state index in [1.54, 1.807) is 6.92 Å². The van der Waals surface area contributed by atoms with Gasteiger partial charge in [0.05, 0.1) is 12.2 Å². The van der Waals surface area contributed by atoms with Gasteiger partial charge in [0.2, 0.25) is 0 Å². The molecule has 88 valence electrons. The van der Waals surface area contributed by atoms with Gasteiger partial charge in [-0.15, -0.1) is 0 Å². The van der Waals surface area contributed by atoms with Crippen LogP contribution in [0.1, 0.15) is 46.0 Å². The van der Waals surface area contributed by atoms with E-state index >= 15 is 0 Å². The lowest BCUT2D eigenvalue weighted by atomic mass is 9.95. The number of Topliss-reactive ketones (excluding diaryl/α,β-unsaturated/α-hetero) is 1. The molecule has 0 aromatic heterocycles. The zero-order chi connectivity index (χ0) is 11.3. The predicted molar refractivity (Wildman–Crippen MR) is 58.7 cm³/mol. The molecule has 0 bridgehead atoms. The number of carbonyl (C=O) groups is 1. The van der Waals surface area contributed by atoms with E-state index < -0.39 is 0 Å². The highest BCUT2D eigenvalue weighted by molar-refractivity contribution is 5.75. The monoisotopic (exact) mass is 214 g/mol. The average Bonchev–Trinajstić information content (AvgIpc) is 2.17. The predicted octanol–water partition coefficient (Wildman–Crippen LogP) is 1.92. The molecule has 15 heavy (non-hydrogen) atoms. The Labute approximate surface area is 91.8 Å². The van der Waals surface area contributed by atoms with Crippen LogP contribution in [0.2, 0.25) is 0 Å². The molecule has 1 aliphatic heterocycles. The molecule has 1 aliphatic rings. The van der Waals surface area contributed by atoms with Crippen molar-refractivity contribution in [2.45, 2.75) is 58.2 Å². The maximum atomic E-state index is 11.0. The van der Waals surface area contributed by atoms with E-state index in [0.29, 0.717) is 12.3 Å². The van der Waals surface area contributed by atoms with Crippen LogP contribution in [0.3, 0.4) is 0 Å². The van der Waals surface area contributed by atoms with Crippen molar-refractivity contribution in [2.75, 3.05) is 6.61 Å². The summed E-state index contributed by atoms with van der Waals surface area (Å²) >= 11 is 0. The Hall–Kier alpha value is -0.410. The van der Waals surface area contributed by atoms with Crippen molar-refractivity contribution in [1.82, 2.24) is 0 Å². The molecule has 0 aromatic rings. The second-order valence-corrected chi connectivity index (χ2v) is 4.74. The number of ketones is 1. The van der Waals surface area contributed by atoms with Crippen molar-refractivity contribution in [2.24, 2.45) is 5.92 Å². The highest BCUT2D eigenvalue weighted by Crippen LogP contribution is 2.25. The molecular formula is C12H22O3. The van der Waals surface area contributed by atoms with Crippen LogP contribution in [0.4, 0.5) is 0 Å². The molecule has 0 aliphatic carbocycles. The van der Waals surface area contributed by atoms with E-state index in [9.17, 15) is 4.79 Å². The van der Waals surface area contributed by atoms with Gasteiger partial charge in [0.25, 0.3) is 0 Å². The minimum Gasteiger partial charge on any atom is -0.396 e. The first-order chi connectivity index (χ1) is 7.11. The van der Waals surface area contributed by atoms with E-state index in [2.05, 4.69) is 0 Å². The molecule has 3 atom stereocenters. The number of aliphatic hydroxyl groups excluding tert-OH is 1. The van der Waals surface area contributed by atoms with Crippen LogP contribution >= 0.6 is 0 Å². The number of ether oxygens (including phenoxy) is 1. The fraction of sp³-hybridized carbons (Fsp3) is 0.917. The molecule has 1 heterocycles. The molecule has 0 amide bonds. The van der Waals surface area contributed by atoms with Crippen LogP contribution in [-0.4, -0.2) is 29.7 Å². The molecule has 1 rings (SSSR count). The Bertz CT molecular complexity index is 203. The fourth-order valence-electron chi connectivity index (χ4n) is 2.15. The summed E-state index contributed by atoms with van der Waals surface area (Å²) in [5.41, 5.74) is 0. The van der Waals surface area contributed by atoms with Gasteiger partial charge in [-0.25, -0.2) is 0 Å². The van der Waals surface area contributed by atoms with Crippen LogP contribution < -0.4 is 0 Å². The van der Waals surface area contributed by atoms with E-state index in [0.717, 1.165) is 25.7 Å². The Morgan fingerprint density at radius 3 is 2.73 bits per heavy atom. The normalized spacial score (nSPS) is 28.7. The number of hydrogen-bond donors (Lipinski definition) is 1. The van der Waals surface area contributed by atoms with Gasteiger partial charge in [0.1, 0.15) is 5.78 Å². The molecule has 3 heteroatoms. The van der Waals surface area contributed by atoms with Crippen molar-refractivity contribution in [1.29, 1.82) is 0 Å². The van der Waals surface area contributed by atoms with Crippen molar-refractivity contribution in [3.63, 3.8) is 0 Å². The van der Waals surface area contributed by atoms with Crippen LogP contribution in [0.15, 0.2) is 0 Å². The highest BCUT2D eigenvalue weighted by Gasteiger charge is 2.24. The first-order valence-corrected chi connectivity index (χ1v) is 5.87. The summed E-state index contributed by atoms with van der Waals surface area (Å²) in [7, 11) is 0. The maximum Gasteiger partial charge on any atom is 0.132 e. The third kappa shape index (κ3) is 4.76. The first kappa shape index (κ1) is 12.7. The topological polar surface area (TPSA) is 46.5 Å². The minimum absolute atomic E-state index is 0.118. The Balaban J connectivity index is 2.31. The maximum absolute atomic E-state index is 11.0. The molecule has 3 nitrogen and oxygen atoms in total. The zero-order valence-electron chi connectivity index (χ0n) is 9.74. The van der Waals surface area contributed by atoms with Crippen molar-refractivity contribution in [3.05, 3.63) is 0 Å². The third-order valence-electron chi connectivity index (χ3n) is 2.93. The van der Waals surface area contributed by atoms with Gasteiger partial charge in [-0.05, 0) is 38.5 Å². The van der Waals surface area contributed by atoms with Crippen LogP contribution in [0.5, 0.6) is 0 Å². The fourth-order valence-corrected chi connectivity index (χ4v) is 2.15. The second-order valence-electron chi connectivity index (χ2n) is 4.74. The Morgan fingerprint density at radius 2 is 2.13 bits per heavy atom. The Morgan fingerprint density at radius 1 is 1.47 bits per heavy atom. The average molecular weight is 214 g/mol. The van der Waals surface area contributed by atoms with E-state index in [1.807, 2.05) is 6.92 Å². The van der Waals surface area contributed by atoms with Gasteiger partial charge >= 0.3 is 0 Å². The number of carbonyl (C=O) groups excluding carboxylic acids is 1. The molecule has 0 unspecified atom stereocenters. The summed E-state index contributed by atoms with van der Waals surface area (Å²) in [5.74, 6) is 0.502. The molecule has 0 aromatic carbocycles. The molecule has 0 saturated carbocycles. The van der Waals surface area contributed by atoms with E-state index in [1.165, 1.54) is 0 Å². The van der Waals surface area contributed by atoms with Crippen LogP contribution in [0, 0.1) is 5.92 Å². The molecule has 0 radical (unpaired) electrons. The molecule has 1 N–H and O–H groups in total. The molecule has 1 fully saturated rings. The van der Waals surface area contributed by atoms with Crippen LogP contribution in [0.25, 0.3) is 0 Å². The van der Waals surface area contributed by atoms with Gasteiger partial charge in [-0.1, -0.05) is 6.92 Å². The first-order valence-electron chi connectivity index (χ1n) is 5.87. The second kappa shape index (κ2) is 6.23. The largest absolute Gasteiger partial charge is 0.396 e. The van der Waals surface area contributed by atoms with Gasteiger partial charge in [0.15, 0.2) is 0 Å². The number of rotatable bonds is 5. The third-order valence-corrected chi connectivity index (χ3v) is 2.93. The van der Waals surface area contributed by atoms with Crippen molar-refractivity contribution >= 4 is 5.78 Å². The van der Waals surface area contributed by atoms with E-state index in [-0.39, 0.29) is 24.6 Å². The summed E-state index contributed by atoms with van der Waals surface area (Å²) in [6, 6.07) is 0. The lowest BCUT2D eigenvalue weighted by Crippen LogP contribution is -2.30. The van der Waals surface area contributed by atoms with Crippen molar-refractivity contribution in [3.8, 4) is 0 Å². The summed E-state index contributed by atoms with van der Waals surface area (Å²) in [4.78, 5) is 11.0. The smallest absolute Gasteiger partial charge is 0.132 e. The summed E-state index contributed by atoms with van der Waals surface area (Å²) in [6.45, 7) is 3.86. The SMILES string of the molecule is CC(=O)C[C@@H]1CCC[C@H](C[C@@H](C)CO)O1. The Kier molecular flexibility index (Phi) is 5.26. The summed E-state index contributed by atoms with van der Waals surface area (Å²) in [6.07, 6.45) is 5.02. The highest BCUT2D eigenvalue weighted by atomic mass is 16.5. The standard InChI is InChI=1S/C12H22O3/c1-9(8-13)6-11-4-3-5-12(15-11)7-10(2)14/h9,11-13H,3-8H2,1-2H3/t9-,11-,12+/m1/s1. The lowest BCUT2D eigenvalue weighted by Gasteiger charge is -2.30.